The van der Waals surface area contributed by atoms with Gasteiger partial charge in [0.2, 0.25) is 15.9 Å². The molecule has 3 heterocycles. The Hall–Kier alpha value is -1.85. The van der Waals surface area contributed by atoms with Gasteiger partial charge in [0.1, 0.15) is 0 Å². The summed E-state index contributed by atoms with van der Waals surface area (Å²) in [4.78, 5) is 19.8. The van der Waals surface area contributed by atoms with Gasteiger partial charge in [0.25, 0.3) is 0 Å². The van der Waals surface area contributed by atoms with Crippen LogP contribution in [0.1, 0.15) is 29.1 Å². The number of nitrogens with zero attached hydrogens (tertiary/aromatic N) is 3. The lowest BCUT2D eigenvalue weighted by Gasteiger charge is -2.30. The first-order valence-electron chi connectivity index (χ1n) is 11.0. The van der Waals surface area contributed by atoms with Crippen molar-refractivity contribution in [3.8, 4) is 0 Å². The van der Waals surface area contributed by atoms with Crippen LogP contribution in [0.4, 0.5) is 0 Å². The third kappa shape index (κ3) is 5.74. The first-order valence-corrected chi connectivity index (χ1v) is 13.3. The fraction of sp³-hybridized carbons (Fsp3) is 0.545. The van der Waals surface area contributed by atoms with E-state index in [0.29, 0.717) is 32.8 Å². The highest BCUT2D eigenvalue weighted by atomic mass is 32.2. The number of carbonyl (C=O) groups is 1. The minimum Gasteiger partial charge on any atom is -0.379 e. The number of aromatic nitrogens is 1. The van der Waals surface area contributed by atoms with Crippen molar-refractivity contribution in [2.75, 3.05) is 39.4 Å². The molecule has 1 amide bonds. The van der Waals surface area contributed by atoms with Gasteiger partial charge >= 0.3 is 0 Å². The standard InChI is InChI=1S/C22H30N4O4S2/c1-17-24-20(16-31-17)15-25-8-6-19(7-9-25)22(27)23-14-18-2-4-21(5-3-18)32(28,29)26-10-12-30-13-11-26/h2-5,16,19H,6-15H2,1H3,(H,23,27). The van der Waals surface area contributed by atoms with Gasteiger partial charge in [-0.05, 0) is 50.6 Å². The van der Waals surface area contributed by atoms with Crippen LogP contribution in [0, 0.1) is 12.8 Å². The molecular formula is C22H30N4O4S2. The number of ether oxygens (including phenoxy) is 1. The van der Waals surface area contributed by atoms with E-state index >= 15 is 0 Å². The molecule has 2 fully saturated rings. The second-order valence-corrected chi connectivity index (χ2v) is 11.3. The Labute approximate surface area is 193 Å². The predicted molar refractivity (Wildman–Crippen MR) is 123 cm³/mol. The van der Waals surface area contributed by atoms with Crippen LogP contribution >= 0.6 is 11.3 Å². The average Bonchev–Trinajstić information content (AvgIpc) is 3.23. The van der Waals surface area contributed by atoms with E-state index in [9.17, 15) is 13.2 Å². The Morgan fingerprint density at radius 1 is 1.16 bits per heavy atom. The summed E-state index contributed by atoms with van der Waals surface area (Å²) in [6.45, 7) is 6.64. The van der Waals surface area contributed by atoms with E-state index in [1.807, 2.05) is 6.92 Å². The van der Waals surface area contributed by atoms with Gasteiger partial charge in [-0.1, -0.05) is 12.1 Å². The number of aryl methyl sites for hydroxylation is 1. The Morgan fingerprint density at radius 3 is 2.47 bits per heavy atom. The lowest BCUT2D eigenvalue weighted by Crippen LogP contribution is -2.40. The highest BCUT2D eigenvalue weighted by molar-refractivity contribution is 7.89. The molecule has 4 rings (SSSR count). The van der Waals surface area contributed by atoms with Crippen LogP contribution in [0.3, 0.4) is 0 Å². The van der Waals surface area contributed by atoms with Crippen molar-refractivity contribution < 1.29 is 17.9 Å². The minimum absolute atomic E-state index is 0.0180. The summed E-state index contributed by atoms with van der Waals surface area (Å²) in [6, 6.07) is 6.77. The van der Waals surface area contributed by atoms with E-state index in [1.54, 1.807) is 35.6 Å². The number of amides is 1. The zero-order chi connectivity index (χ0) is 22.6. The maximum Gasteiger partial charge on any atom is 0.243 e. The quantitative estimate of drug-likeness (QED) is 0.655. The highest BCUT2D eigenvalue weighted by Crippen LogP contribution is 2.21. The van der Waals surface area contributed by atoms with Crippen LogP contribution in [-0.4, -0.2) is 67.9 Å². The zero-order valence-electron chi connectivity index (χ0n) is 18.3. The molecule has 174 valence electrons. The van der Waals surface area contributed by atoms with E-state index in [4.69, 9.17) is 4.74 Å². The molecular weight excluding hydrogens is 448 g/mol. The topological polar surface area (TPSA) is 91.8 Å². The summed E-state index contributed by atoms with van der Waals surface area (Å²) in [7, 11) is -3.50. The van der Waals surface area contributed by atoms with Crippen molar-refractivity contribution in [3.63, 3.8) is 0 Å². The molecule has 2 saturated heterocycles. The molecule has 0 saturated carbocycles. The summed E-state index contributed by atoms with van der Waals surface area (Å²) >= 11 is 1.67. The van der Waals surface area contributed by atoms with E-state index < -0.39 is 10.0 Å². The number of sulfonamides is 1. The van der Waals surface area contributed by atoms with Crippen LogP contribution in [0.25, 0.3) is 0 Å². The highest BCUT2D eigenvalue weighted by Gasteiger charge is 2.27. The molecule has 0 radical (unpaired) electrons. The van der Waals surface area contributed by atoms with E-state index in [0.717, 1.165) is 48.7 Å². The van der Waals surface area contributed by atoms with Crippen LogP contribution in [-0.2, 0) is 32.6 Å². The third-order valence-electron chi connectivity index (χ3n) is 6.01. The van der Waals surface area contributed by atoms with E-state index in [1.165, 1.54) is 4.31 Å². The molecule has 0 unspecified atom stereocenters. The number of morpholine rings is 1. The van der Waals surface area contributed by atoms with Crippen molar-refractivity contribution in [3.05, 3.63) is 45.9 Å². The van der Waals surface area contributed by atoms with Gasteiger partial charge in [-0.2, -0.15) is 4.31 Å². The Morgan fingerprint density at radius 2 is 1.84 bits per heavy atom. The Kier molecular flexibility index (Phi) is 7.57. The molecule has 0 spiro atoms. The van der Waals surface area contributed by atoms with Crippen LogP contribution in [0.15, 0.2) is 34.5 Å². The predicted octanol–water partition coefficient (Wildman–Crippen LogP) is 2.00. The fourth-order valence-electron chi connectivity index (χ4n) is 4.11. The average molecular weight is 479 g/mol. The molecule has 1 aromatic carbocycles. The molecule has 0 aliphatic carbocycles. The zero-order valence-corrected chi connectivity index (χ0v) is 20.0. The van der Waals surface area contributed by atoms with Crippen LogP contribution in [0.5, 0.6) is 0 Å². The minimum atomic E-state index is -3.50. The number of hydrogen-bond donors (Lipinski definition) is 1. The van der Waals surface area contributed by atoms with E-state index in [2.05, 4.69) is 20.6 Å². The van der Waals surface area contributed by atoms with Gasteiger partial charge in [0.15, 0.2) is 0 Å². The summed E-state index contributed by atoms with van der Waals surface area (Å²) in [6.07, 6.45) is 1.68. The smallest absolute Gasteiger partial charge is 0.243 e. The van der Waals surface area contributed by atoms with Gasteiger partial charge in [-0.3, -0.25) is 9.69 Å². The normalized spacial score (nSPS) is 19.2. The number of carbonyl (C=O) groups excluding carboxylic acids is 1. The number of likely N-dealkylation sites (tertiary alicyclic amines) is 1. The maximum atomic E-state index is 12.7. The lowest BCUT2D eigenvalue weighted by atomic mass is 9.95. The van der Waals surface area contributed by atoms with Crippen molar-refractivity contribution in [2.24, 2.45) is 5.92 Å². The summed E-state index contributed by atoms with van der Waals surface area (Å²) in [5.74, 6) is 0.0866. The molecule has 1 N–H and O–H groups in total. The van der Waals surface area contributed by atoms with Crippen molar-refractivity contribution in [1.29, 1.82) is 0 Å². The van der Waals surface area contributed by atoms with Crippen LogP contribution in [0.2, 0.25) is 0 Å². The third-order valence-corrected chi connectivity index (χ3v) is 8.74. The van der Waals surface area contributed by atoms with Gasteiger partial charge in [0.05, 0.1) is 28.8 Å². The van der Waals surface area contributed by atoms with Crippen LogP contribution < -0.4 is 5.32 Å². The Balaban J connectivity index is 1.23. The van der Waals surface area contributed by atoms with Gasteiger partial charge in [0, 0.05) is 37.5 Å². The second kappa shape index (κ2) is 10.4. The largest absolute Gasteiger partial charge is 0.379 e. The second-order valence-electron chi connectivity index (χ2n) is 8.29. The van der Waals surface area contributed by atoms with Crippen molar-refractivity contribution in [1.82, 2.24) is 19.5 Å². The molecule has 32 heavy (non-hydrogen) atoms. The maximum absolute atomic E-state index is 12.7. The van der Waals surface area contributed by atoms with Crippen molar-refractivity contribution >= 4 is 27.3 Å². The molecule has 2 aromatic rings. The summed E-state index contributed by atoms with van der Waals surface area (Å²) in [5, 5.41) is 6.20. The number of hydrogen-bond acceptors (Lipinski definition) is 7. The number of rotatable bonds is 7. The van der Waals surface area contributed by atoms with Crippen molar-refractivity contribution in [2.45, 2.75) is 37.8 Å². The molecule has 2 aliphatic heterocycles. The molecule has 2 aliphatic rings. The molecule has 10 heteroatoms. The summed E-state index contributed by atoms with van der Waals surface area (Å²) < 4.78 is 32.1. The van der Waals surface area contributed by atoms with E-state index in [-0.39, 0.29) is 16.7 Å². The SMILES string of the molecule is Cc1nc(CN2CCC(C(=O)NCc3ccc(S(=O)(=O)N4CCOCC4)cc3)CC2)cs1. The number of nitrogens with one attached hydrogen (secondary N) is 1. The molecule has 8 nitrogen and oxygen atoms in total. The van der Waals surface area contributed by atoms with Gasteiger partial charge in [-0.25, -0.2) is 13.4 Å². The van der Waals surface area contributed by atoms with Gasteiger partial charge in [-0.15, -0.1) is 11.3 Å². The molecule has 0 bridgehead atoms. The number of piperidine rings is 1. The number of thiazole rings is 1. The monoisotopic (exact) mass is 478 g/mol. The fourth-order valence-corrected chi connectivity index (χ4v) is 6.12. The van der Waals surface area contributed by atoms with Gasteiger partial charge < -0.3 is 10.1 Å². The number of benzene rings is 1. The Bertz CT molecular complexity index is 1010. The lowest BCUT2D eigenvalue weighted by molar-refractivity contribution is -0.126. The first-order chi connectivity index (χ1) is 15.4. The molecule has 1 aromatic heterocycles. The summed E-state index contributed by atoms with van der Waals surface area (Å²) in [5.41, 5.74) is 1.99. The first kappa shape index (κ1) is 23.3. The molecule has 0 atom stereocenters.